The summed E-state index contributed by atoms with van der Waals surface area (Å²) in [5, 5.41) is 3.77. The van der Waals surface area contributed by atoms with Crippen LogP contribution in [0.25, 0.3) is 0 Å². The lowest BCUT2D eigenvalue weighted by molar-refractivity contribution is -0.0294. The van der Waals surface area contributed by atoms with E-state index in [1.165, 1.54) is 6.07 Å². The second kappa shape index (κ2) is 6.50. The summed E-state index contributed by atoms with van der Waals surface area (Å²) in [6, 6.07) is 4.80. The lowest BCUT2D eigenvalue weighted by atomic mass is 9.89. The molecule has 1 aliphatic heterocycles. The molecule has 0 bridgehead atoms. The Bertz CT molecular complexity index is 379. The van der Waals surface area contributed by atoms with Crippen molar-refractivity contribution in [3.05, 3.63) is 34.6 Å². The van der Waals surface area contributed by atoms with Gasteiger partial charge in [-0.1, -0.05) is 24.6 Å². The molecule has 1 N–H and O–H groups in total. The second-order valence-electron chi connectivity index (χ2n) is 4.64. The molecular formula is C14H19ClFNO. The minimum atomic E-state index is -0.268. The molecule has 0 spiro atoms. The van der Waals surface area contributed by atoms with Gasteiger partial charge in [-0.25, -0.2) is 4.39 Å². The zero-order chi connectivity index (χ0) is 13.0. The zero-order valence-corrected chi connectivity index (χ0v) is 11.3. The van der Waals surface area contributed by atoms with E-state index >= 15 is 0 Å². The highest BCUT2D eigenvalue weighted by Crippen LogP contribution is 2.38. The maximum Gasteiger partial charge on any atom is 0.130 e. The first-order chi connectivity index (χ1) is 8.74. The SMILES string of the molecule is CCNCC1CCCOC1c1c(F)cccc1Cl. The fourth-order valence-corrected chi connectivity index (χ4v) is 2.75. The third kappa shape index (κ3) is 3.02. The van der Waals surface area contributed by atoms with Gasteiger partial charge in [0.25, 0.3) is 0 Å². The van der Waals surface area contributed by atoms with Crippen molar-refractivity contribution >= 4 is 11.6 Å². The molecule has 18 heavy (non-hydrogen) atoms. The van der Waals surface area contributed by atoms with E-state index in [2.05, 4.69) is 12.2 Å². The van der Waals surface area contributed by atoms with E-state index in [-0.39, 0.29) is 17.8 Å². The Morgan fingerprint density at radius 1 is 1.50 bits per heavy atom. The van der Waals surface area contributed by atoms with Crippen LogP contribution in [0.1, 0.15) is 31.4 Å². The molecular weight excluding hydrogens is 253 g/mol. The van der Waals surface area contributed by atoms with Gasteiger partial charge in [0.05, 0.1) is 6.10 Å². The highest BCUT2D eigenvalue weighted by atomic mass is 35.5. The van der Waals surface area contributed by atoms with E-state index in [1.54, 1.807) is 12.1 Å². The van der Waals surface area contributed by atoms with Crippen molar-refractivity contribution in [1.82, 2.24) is 5.32 Å². The molecule has 1 aliphatic rings. The third-order valence-electron chi connectivity index (χ3n) is 3.39. The topological polar surface area (TPSA) is 21.3 Å². The molecule has 100 valence electrons. The van der Waals surface area contributed by atoms with Gasteiger partial charge in [-0.05, 0) is 31.5 Å². The van der Waals surface area contributed by atoms with Crippen LogP contribution in [-0.4, -0.2) is 19.7 Å². The Morgan fingerprint density at radius 2 is 2.33 bits per heavy atom. The smallest absolute Gasteiger partial charge is 0.130 e. The van der Waals surface area contributed by atoms with Gasteiger partial charge in [-0.3, -0.25) is 0 Å². The van der Waals surface area contributed by atoms with Crippen LogP contribution in [0.3, 0.4) is 0 Å². The third-order valence-corrected chi connectivity index (χ3v) is 3.72. The average molecular weight is 272 g/mol. The minimum absolute atomic E-state index is 0.230. The summed E-state index contributed by atoms with van der Waals surface area (Å²) in [5.74, 6) is 0.0176. The largest absolute Gasteiger partial charge is 0.373 e. The second-order valence-corrected chi connectivity index (χ2v) is 5.04. The predicted molar refractivity (Wildman–Crippen MR) is 71.4 cm³/mol. The molecule has 0 amide bonds. The number of rotatable bonds is 4. The summed E-state index contributed by atoms with van der Waals surface area (Å²) in [5.41, 5.74) is 0.516. The average Bonchev–Trinajstić information content (AvgIpc) is 2.37. The summed E-state index contributed by atoms with van der Waals surface area (Å²) in [6.45, 7) is 4.49. The number of hydrogen-bond acceptors (Lipinski definition) is 2. The van der Waals surface area contributed by atoms with Crippen LogP contribution in [0, 0.1) is 11.7 Å². The van der Waals surface area contributed by atoms with E-state index in [1.807, 2.05) is 0 Å². The van der Waals surface area contributed by atoms with Gasteiger partial charge in [-0.2, -0.15) is 0 Å². The minimum Gasteiger partial charge on any atom is -0.373 e. The van der Waals surface area contributed by atoms with Crippen LogP contribution < -0.4 is 5.32 Å². The van der Waals surface area contributed by atoms with Crippen molar-refractivity contribution in [3.63, 3.8) is 0 Å². The Kier molecular flexibility index (Phi) is 4.98. The highest BCUT2D eigenvalue weighted by Gasteiger charge is 2.30. The van der Waals surface area contributed by atoms with Gasteiger partial charge in [0.1, 0.15) is 5.82 Å². The first-order valence-corrected chi connectivity index (χ1v) is 6.88. The molecule has 4 heteroatoms. The van der Waals surface area contributed by atoms with Crippen LogP contribution in [-0.2, 0) is 4.74 Å². The Balaban J connectivity index is 2.22. The van der Waals surface area contributed by atoms with Gasteiger partial charge >= 0.3 is 0 Å². The monoisotopic (exact) mass is 271 g/mol. The standard InChI is InChI=1S/C14H19ClFNO/c1-2-17-9-10-5-4-8-18-14(10)13-11(15)6-3-7-12(13)16/h3,6-7,10,14,17H,2,4-5,8-9H2,1H3. The number of ether oxygens (including phenoxy) is 1. The molecule has 1 aromatic carbocycles. The van der Waals surface area contributed by atoms with Gasteiger partial charge < -0.3 is 10.1 Å². The van der Waals surface area contributed by atoms with Crippen molar-refractivity contribution in [3.8, 4) is 0 Å². The van der Waals surface area contributed by atoms with Crippen molar-refractivity contribution < 1.29 is 9.13 Å². The van der Waals surface area contributed by atoms with Crippen LogP contribution >= 0.6 is 11.6 Å². The Morgan fingerprint density at radius 3 is 3.06 bits per heavy atom. The molecule has 0 aliphatic carbocycles. The van der Waals surface area contributed by atoms with Gasteiger partial charge in [0.15, 0.2) is 0 Å². The lowest BCUT2D eigenvalue weighted by Gasteiger charge is -2.33. The van der Waals surface area contributed by atoms with Crippen LogP contribution in [0.15, 0.2) is 18.2 Å². The molecule has 1 heterocycles. The Labute approximate surface area is 112 Å². The van der Waals surface area contributed by atoms with Crippen LogP contribution in [0.5, 0.6) is 0 Å². The summed E-state index contributed by atoms with van der Waals surface area (Å²) >= 11 is 6.12. The van der Waals surface area contributed by atoms with Crippen molar-refractivity contribution in [1.29, 1.82) is 0 Å². The van der Waals surface area contributed by atoms with E-state index in [0.717, 1.165) is 25.9 Å². The summed E-state index contributed by atoms with van der Waals surface area (Å²) in [7, 11) is 0. The van der Waals surface area contributed by atoms with Crippen molar-refractivity contribution in [2.24, 2.45) is 5.92 Å². The highest BCUT2D eigenvalue weighted by molar-refractivity contribution is 6.31. The maximum atomic E-state index is 13.9. The number of hydrogen-bond donors (Lipinski definition) is 1. The molecule has 2 atom stereocenters. The normalized spacial score (nSPS) is 24.2. The molecule has 1 saturated heterocycles. The first-order valence-electron chi connectivity index (χ1n) is 6.50. The van der Waals surface area contributed by atoms with Crippen molar-refractivity contribution in [2.45, 2.75) is 25.9 Å². The van der Waals surface area contributed by atoms with E-state index in [0.29, 0.717) is 17.2 Å². The fourth-order valence-electron chi connectivity index (χ4n) is 2.48. The van der Waals surface area contributed by atoms with Crippen LogP contribution in [0.2, 0.25) is 5.02 Å². The summed E-state index contributed by atoms with van der Waals surface area (Å²) in [4.78, 5) is 0. The van der Waals surface area contributed by atoms with E-state index in [4.69, 9.17) is 16.3 Å². The first kappa shape index (κ1) is 13.8. The quantitative estimate of drug-likeness (QED) is 0.904. The predicted octanol–water partition coefficient (Wildman–Crippen LogP) is 3.56. The van der Waals surface area contributed by atoms with E-state index < -0.39 is 0 Å². The van der Waals surface area contributed by atoms with Crippen LogP contribution in [0.4, 0.5) is 4.39 Å². The Hall–Kier alpha value is -0.640. The molecule has 2 nitrogen and oxygen atoms in total. The maximum absolute atomic E-state index is 13.9. The van der Waals surface area contributed by atoms with E-state index in [9.17, 15) is 4.39 Å². The molecule has 2 unspecified atom stereocenters. The van der Waals surface area contributed by atoms with Gasteiger partial charge in [0, 0.05) is 29.7 Å². The van der Waals surface area contributed by atoms with Gasteiger partial charge in [0.2, 0.25) is 0 Å². The molecule has 0 aromatic heterocycles. The van der Waals surface area contributed by atoms with Crippen molar-refractivity contribution in [2.75, 3.05) is 19.7 Å². The van der Waals surface area contributed by atoms with Gasteiger partial charge in [-0.15, -0.1) is 0 Å². The molecule has 0 saturated carbocycles. The zero-order valence-electron chi connectivity index (χ0n) is 10.6. The molecule has 1 aromatic rings. The fraction of sp³-hybridized carbons (Fsp3) is 0.571. The molecule has 1 fully saturated rings. The summed E-state index contributed by atoms with van der Waals surface area (Å²) < 4.78 is 19.7. The number of nitrogens with one attached hydrogen (secondary N) is 1. The number of benzene rings is 1. The number of halogens is 2. The summed E-state index contributed by atoms with van der Waals surface area (Å²) in [6.07, 6.45) is 1.84. The molecule has 2 rings (SSSR count). The lowest BCUT2D eigenvalue weighted by Crippen LogP contribution is -2.32. The molecule has 0 radical (unpaired) electrons.